The van der Waals surface area contributed by atoms with Gasteiger partial charge in [-0.3, -0.25) is 9.59 Å². The molecular formula is C17H20N2O3. The van der Waals surface area contributed by atoms with E-state index in [4.69, 9.17) is 5.11 Å². The van der Waals surface area contributed by atoms with E-state index in [1.807, 2.05) is 13.8 Å². The van der Waals surface area contributed by atoms with E-state index in [0.29, 0.717) is 16.7 Å². The molecule has 116 valence electrons. The van der Waals surface area contributed by atoms with Crippen molar-refractivity contribution in [2.24, 2.45) is 5.92 Å². The van der Waals surface area contributed by atoms with Gasteiger partial charge in [-0.1, -0.05) is 19.1 Å². The van der Waals surface area contributed by atoms with Crippen LogP contribution < -0.4 is 5.32 Å². The van der Waals surface area contributed by atoms with Gasteiger partial charge in [-0.15, -0.1) is 0 Å². The number of benzene rings is 1. The van der Waals surface area contributed by atoms with E-state index >= 15 is 0 Å². The first kappa shape index (κ1) is 16.0. The molecule has 0 saturated carbocycles. The Labute approximate surface area is 129 Å². The quantitative estimate of drug-likeness (QED) is 0.714. The standard InChI is InChI=1S/C17H20N2O3/c1-11(10-20)12(2)19-17(22)14-5-3-13(4-6-14)16(21)15-7-8-18-9-15/h3-9,11-12,18,20H,10H2,1-2H3,(H,19,22). The average Bonchev–Trinajstić information content (AvgIpc) is 3.07. The van der Waals surface area contributed by atoms with E-state index in [-0.39, 0.29) is 30.3 Å². The molecule has 1 amide bonds. The van der Waals surface area contributed by atoms with Crippen LogP contribution in [0.25, 0.3) is 0 Å². The van der Waals surface area contributed by atoms with Crippen molar-refractivity contribution in [2.75, 3.05) is 6.61 Å². The van der Waals surface area contributed by atoms with E-state index in [9.17, 15) is 9.59 Å². The molecule has 3 N–H and O–H groups in total. The van der Waals surface area contributed by atoms with Gasteiger partial charge in [0.2, 0.25) is 0 Å². The Balaban J connectivity index is 2.05. The lowest BCUT2D eigenvalue weighted by atomic mass is 10.0. The second-order valence-corrected chi connectivity index (χ2v) is 5.43. The smallest absolute Gasteiger partial charge is 0.251 e. The van der Waals surface area contributed by atoms with E-state index in [1.165, 1.54) is 0 Å². The molecule has 1 aromatic heterocycles. The maximum atomic E-state index is 12.1. The number of carbonyl (C=O) groups excluding carboxylic acids is 2. The van der Waals surface area contributed by atoms with Gasteiger partial charge in [0, 0.05) is 41.7 Å². The monoisotopic (exact) mass is 300 g/mol. The fourth-order valence-electron chi connectivity index (χ4n) is 2.00. The van der Waals surface area contributed by atoms with Crippen molar-refractivity contribution in [3.8, 4) is 0 Å². The first-order chi connectivity index (χ1) is 10.5. The van der Waals surface area contributed by atoms with Crippen LogP contribution in [0.3, 0.4) is 0 Å². The van der Waals surface area contributed by atoms with Gasteiger partial charge in [-0.25, -0.2) is 0 Å². The topological polar surface area (TPSA) is 82.2 Å². The maximum Gasteiger partial charge on any atom is 0.251 e. The van der Waals surface area contributed by atoms with Crippen molar-refractivity contribution >= 4 is 11.7 Å². The number of amides is 1. The number of aromatic nitrogens is 1. The lowest BCUT2D eigenvalue weighted by molar-refractivity contribution is 0.0915. The number of ketones is 1. The highest BCUT2D eigenvalue weighted by molar-refractivity contribution is 6.09. The number of hydrogen-bond donors (Lipinski definition) is 3. The van der Waals surface area contributed by atoms with Gasteiger partial charge in [0.15, 0.2) is 5.78 Å². The van der Waals surface area contributed by atoms with Crippen LogP contribution in [0.2, 0.25) is 0 Å². The van der Waals surface area contributed by atoms with Crippen molar-refractivity contribution < 1.29 is 14.7 Å². The van der Waals surface area contributed by atoms with Crippen LogP contribution in [0.4, 0.5) is 0 Å². The molecule has 2 atom stereocenters. The molecule has 22 heavy (non-hydrogen) atoms. The lowest BCUT2D eigenvalue weighted by Gasteiger charge is -2.19. The highest BCUT2D eigenvalue weighted by atomic mass is 16.3. The Kier molecular flexibility index (Phi) is 5.12. The van der Waals surface area contributed by atoms with Crippen LogP contribution in [-0.4, -0.2) is 34.4 Å². The van der Waals surface area contributed by atoms with Crippen LogP contribution >= 0.6 is 0 Å². The molecule has 0 fully saturated rings. The van der Waals surface area contributed by atoms with Gasteiger partial charge in [0.1, 0.15) is 0 Å². The number of nitrogens with one attached hydrogen (secondary N) is 2. The molecule has 0 bridgehead atoms. The fourth-order valence-corrected chi connectivity index (χ4v) is 2.00. The molecule has 0 saturated heterocycles. The van der Waals surface area contributed by atoms with Gasteiger partial charge < -0.3 is 15.4 Å². The number of aliphatic hydroxyl groups excluding tert-OH is 1. The number of rotatable bonds is 6. The Hall–Kier alpha value is -2.40. The molecule has 2 aromatic rings. The predicted molar refractivity (Wildman–Crippen MR) is 83.8 cm³/mol. The molecule has 2 rings (SSSR count). The summed E-state index contributed by atoms with van der Waals surface area (Å²) in [6.45, 7) is 3.73. The summed E-state index contributed by atoms with van der Waals surface area (Å²) in [4.78, 5) is 27.1. The van der Waals surface area contributed by atoms with Crippen molar-refractivity contribution in [1.29, 1.82) is 0 Å². The summed E-state index contributed by atoms with van der Waals surface area (Å²) in [7, 11) is 0. The minimum Gasteiger partial charge on any atom is -0.396 e. The van der Waals surface area contributed by atoms with Gasteiger partial charge in [-0.05, 0) is 31.0 Å². The second kappa shape index (κ2) is 7.04. The largest absolute Gasteiger partial charge is 0.396 e. The lowest BCUT2D eigenvalue weighted by Crippen LogP contribution is -2.38. The summed E-state index contributed by atoms with van der Waals surface area (Å²) in [6, 6.07) is 8.13. The summed E-state index contributed by atoms with van der Waals surface area (Å²) in [6.07, 6.45) is 3.33. The second-order valence-electron chi connectivity index (χ2n) is 5.43. The van der Waals surface area contributed by atoms with Crippen LogP contribution in [0.15, 0.2) is 42.7 Å². The van der Waals surface area contributed by atoms with Crippen LogP contribution in [0, 0.1) is 5.92 Å². The molecule has 0 spiro atoms. The zero-order valence-corrected chi connectivity index (χ0v) is 12.7. The zero-order valence-electron chi connectivity index (χ0n) is 12.7. The summed E-state index contributed by atoms with van der Waals surface area (Å²) in [5.74, 6) is -0.317. The number of carbonyl (C=O) groups is 2. The fraction of sp³-hybridized carbons (Fsp3) is 0.294. The third-order valence-corrected chi connectivity index (χ3v) is 3.77. The van der Waals surface area contributed by atoms with E-state index in [2.05, 4.69) is 10.3 Å². The third-order valence-electron chi connectivity index (χ3n) is 3.77. The minimum absolute atomic E-state index is 0.0154. The molecular weight excluding hydrogens is 280 g/mol. The molecule has 0 aliphatic rings. The molecule has 1 heterocycles. The Morgan fingerprint density at radius 1 is 1.09 bits per heavy atom. The first-order valence-electron chi connectivity index (χ1n) is 7.22. The van der Waals surface area contributed by atoms with Gasteiger partial charge >= 0.3 is 0 Å². The summed E-state index contributed by atoms with van der Waals surface area (Å²) < 4.78 is 0. The van der Waals surface area contributed by atoms with Crippen LogP contribution in [0.1, 0.15) is 40.1 Å². The number of H-pyrrole nitrogens is 1. The summed E-state index contributed by atoms with van der Waals surface area (Å²) in [5.41, 5.74) is 1.61. The highest BCUT2D eigenvalue weighted by Gasteiger charge is 2.16. The molecule has 5 nitrogen and oxygen atoms in total. The van der Waals surface area contributed by atoms with Gasteiger partial charge in [-0.2, -0.15) is 0 Å². The third kappa shape index (κ3) is 3.62. The summed E-state index contributed by atoms with van der Waals surface area (Å²) in [5, 5.41) is 11.9. The minimum atomic E-state index is -0.214. The maximum absolute atomic E-state index is 12.1. The molecule has 1 aromatic carbocycles. The first-order valence-corrected chi connectivity index (χ1v) is 7.22. The molecule has 0 radical (unpaired) electrons. The van der Waals surface area contributed by atoms with Crippen molar-refractivity contribution in [3.63, 3.8) is 0 Å². The Morgan fingerprint density at radius 3 is 2.27 bits per heavy atom. The number of hydrogen-bond acceptors (Lipinski definition) is 3. The van der Waals surface area contributed by atoms with E-state index < -0.39 is 0 Å². The Morgan fingerprint density at radius 2 is 1.73 bits per heavy atom. The molecule has 2 unspecified atom stereocenters. The van der Waals surface area contributed by atoms with E-state index in [0.717, 1.165) is 0 Å². The Bertz CT molecular complexity index is 632. The van der Waals surface area contributed by atoms with Crippen molar-refractivity contribution in [2.45, 2.75) is 19.9 Å². The number of aliphatic hydroxyl groups is 1. The predicted octanol–water partition coefficient (Wildman–Crippen LogP) is 1.99. The highest BCUT2D eigenvalue weighted by Crippen LogP contribution is 2.11. The van der Waals surface area contributed by atoms with Crippen molar-refractivity contribution in [3.05, 3.63) is 59.4 Å². The number of aromatic amines is 1. The SMILES string of the molecule is CC(CO)C(C)NC(=O)c1ccc(C(=O)c2cc[nH]c2)cc1. The molecule has 0 aliphatic heterocycles. The molecule has 0 aliphatic carbocycles. The van der Waals surface area contributed by atoms with Gasteiger partial charge in [0.25, 0.3) is 5.91 Å². The normalized spacial score (nSPS) is 13.4. The van der Waals surface area contributed by atoms with E-state index in [1.54, 1.807) is 42.7 Å². The van der Waals surface area contributed by atoms with Crippen LogP contribution in [0.5, 0.6) is 0 Å². The van der Waals surface area contributed by atoms with Crippen molar-refractivity contribution in [1.82, 2.24) is 10.3 Å². The zero-order chi connectivity index (χ0) is 16.1. The summed E-state index contributed by atoms with van der Waals surface area (Å²) >= 11 is 0. The molecule has 5 heteroatoms. The van der Waals surface area contributed by atoms with Gasteiger partial charge in [0.05, 0.1) is 0 Å². The van der Waals surface area contributed by atoms with Crippen LogP contribution in [-0.2, 0) is 0 Å². The average molecular weight is 300 g/mol.